The first-order valence-corrected chi connectivity index (χ1v) is 16.0. The second kappa shape index (κ2) is 18.0. The third-order valence-electron chi connectivity index (χ3n) is 7.97. The molecule has 4 N–H and O–H groups in total. The van der Waals surface area contributed by atoms with Crippen molar-refractivity contribution < 1.29 is 52.1 Å². The number of carboxylic acids is 1. The van der Waals surface area contributed by atoms with Gasteiger partial charge in [0.2, 0.25) is 11.7 Å². The maximum absolute atomic E-state index is 15.9. The first kappa shape index (κ1) is 38.5. The standard InChI is InChI=1S/C34H42F2N4O9/c1-22(2)27(38-29(42)25-17-11-19-39(25)32(46)48-20-23-12-5-3-6-13-23)28(41)34(35,36)31(45)40(26(30(43)44)16-9-10-18-37)33(47)49-21-24-14-7-4-8-15-24/h3-8,12-15,22,25-27H,9-11,16-21,37H2,1-2H3,(H,38,42)(H,43,44). The number of amides is 4. The summed E-state index contributed by atoms with van der Waals surface area (Å²) in [5.41, 5.74) is 6.60. The van der Waals surface area contributed by atoms with E-state index in [-0.39, 0.29) is 43.9 Å². The molecular formula is C34H42F2N4O9. The number of alkyl halides is 2. The smallest absolute Gasteiger partial charge is 0.417 e. The van der Waals surface area contributed by atoms with Gasteiger partial charge in [0.25, 0.3) is 0 Å². The molecule has 13 nitrogen and oxygen atoms in total. The van der Waals surface area contributed by atoms with Crippen LogP contribution in [0.2, 0.25) is 0 Å². The topological polar surface area (TPSA) is 186 Å². The summed E-state index contributed by atoms with van der Waals surface area (Å²) in [6, 6.07) is 11.6. The summed E-state index contributed by atoms with van der Waals surface area (Å²) in [7, 11) is 0. The van der Waals surface area contributed by atoms with Gasteiger partial charge >= 0.3 is 30.0 Å². The number of carboxylic acid groups (broad SMARTS) is 1. The van der Waals surface area contributed by atoms with E-state index in [0.717, 1.165) is 4.90 Å². The molecule has 0 spiro atoms. The number of ketones is 1. The lowest BCUT2D eigenvalue weighted by Gasteiger charge is -2.32. The van der Waals surface area contributed by atoms with Gasteiger partial charge in [0.15, 0.2) is 0 Å². The summed E-state index contributed by atoms with van der Waals surface area (Å²) in [5, 5.41) is 12.1. The number of hydrogen-bond acceptors (Lipinski definition) is 9. The Bertz CT molecular complexity index is 1460. The van der Waals surface area contributed by atoms with E-state index in [4.69, 9.17) is 15.2 Å². The van der Waals surface area contributed by atoms with Gasteiger partial charge in [0.1, 0.15) is 25.3 Å². The number of nitrogens with zero attached hydrogens (tertiary/aromatic N) is 2. The van der Waals surface area contributed by atoms with Gasteiger partial charge in [-0.15, -0.1) is 0 Å². The predicted molar refractivity (Wildman–Crippen MR) is 171 cm³/mol. The van der Waals surface area contributed by atoms with Crippen LogP contribution < -0.4 is 11.1 Å². The molecule has 1 fully saturated rings. The zero-order valence-corrected chi connectivity index (χ0v) is 27.4. The van der Waals surface area contributed by atoms with Gasteiger partial charge in [-0.05, 0) is 55.7 Å². The highest BCUT2D eigenvalue weighted by Gasteiger charge is 2.57. The minimum atomic E-state index is -4.97. The lowest BCUT2D eigenvalue weighted by atomic mass is 9.94. The Kier molecular flexibility index (Phi) is 14.2. The van der Waals surface area contributed by atoms with Crippen molar-refractivity contribution in [3.05, 3.63) is 71.8 Å². The number of imide groups is 1. The zero-order valence-electron chi connectivity index (χ0n) is 27.4. The number of Topliss-reactive ketones (excluding diaryl/α,β-unsaturated/α-hetero) is 1. The van der Waals surface area contributed by atoms with Crippen LogP contribution >= 0.6 is 0 Å². The van der Waals surface area contributed by atoms with Crippen molar-refractivity contribution in [1.82, 2.24) is 15.1 Å². The summed E-state index contributed by atoms with van der Waals surface area (Å²) in [5.74, 6) is -13.1. The highest BCUT2D eigenvalue weighted by molar-refractivity contribution is 6.14. The Morgan fingerprint density at radius 1 is 0.959 bits per heavy atom. The van der Waals surface area contributed by atoms with E-state index < -0.39 is 78.7 Å². The Labute approximate surface area is 282 Å². The molecule has 3 atom stereocenters. The molecule has 3 unspecified atom stereocenters. The number of rotatable bonds is 16. The number of aliphatic carboxylic acids is 1. The van der Waals surface area contributed by atoms with E-state index in [0.29, 0.717) is 17.5 Å². The first-order chi connectivity index (χ1) is 23.3. The summed E-state index contributed by atoms with van der Waals surface area (Å²) < 4.78 is 42.2. The maximum atomic E-state index is 15.9. The average Bonchev–Trinajstić information content (AvgIpc) is 3.59. The molecule has 4 amide bonds. The van der Waals surface area contributed by atoms with Gasteiger partial charge in [-0.2, -0.15) is 8.78 Å². The van der Waals surface area contributed by atoms with E-state index in [1.807, 2.05) is 0 Å². The van der Waals surface area contributed by atoms with Crippen LogP contribution in [0.4, 0.5) is 18.4 Å². The second-order valence-electron chi connectivity index (χ2n) is 11.9. The molecular weight excluding hydrogens is 646 g/mol. The number of likely N-dealkylation sites (tertiary alicyclic amines) is 1. The number of carbonyl (C=O) groups excluding carboxylic acids is 5. The molecule has 1 aliphatic heterocycles. The molecule has 0 bridgehead atoms. The molecule has 2 aromatic rings. The molecule has 0 aromatic heterocycles. The average molecular weight is 689 g/mol. The van der Waals surface area contributed by atoms with E-state index in [2.05, 4.69) is 5.32 Å². The van der Waals surface area contributed by atoms with Gasteiger partial charge in [0.05, 0.1) is 6.04 Å². The maximum Gasteiger partial charge on any atom is 0.417 e. The van der Waals surface area contributed by atoms with Crippen LogP contribution in [0.25, 0.3) is 0 Å². The number of carbonyl (C=O) groups is 6. The molecule has 0 saturated carbocycles. The van der Waals surface area contributed by atoms with Crippen molar-refractivity contribution in [2.24, 2.45) is 11.7 Å². The molecule has 3 rings (SSSR count). The minimum Gasteiger partial charge on any atom is -0.480 e. The van der Waals surface area contributed by atoms with Crippen LogP contribution in [0.5, 0.6) is 0 Å². The Balaban J connectivity index is 1.81. The fraction of sp³-hybridized carbons (Fsp3) is 0.471. The number of ether oxygens (including phenoxy) is 2. The first-order valence-electron chi connectivity index (χ1n) is 16.0. The van der Waals surface area contributed by atoms with E-state index in [1.54, 1.807) is 60.7 Å². The summed E-state index contributed by atoms with van der Waals surface area (Å²) >= 11 is 0. The van der Waals surface area contributed by atoms with Gasteiger partial charge in [0, 0.05) is 6.54 Å². The van der Waals surface area contributed by atoms with Gasteiger partial charge in [-0.1, -0.05) is 74.5 Å². The number of hydrogen-bond donors (Lipinski definition) is 3. The molecule has 15 heteroatoms. The fourth-order valence-electron chi connectivity index (χ4n) is 5.28. The van der Waals surface area contributed by atoms with Crippen molar-refractivity contribution in [1.29, 1.82) is 0 Å². The van der Waals surface area contributed by atoms with E-state index in [1.165, 1.54) is 13.8 Å². The number of nitrogens with one attached hydrogen (secondary N) is 1. The van der Waals surface area contributed by atoms with Crippen LogP contribution in [0.3, 0.4) is 0 Å². The highest BCUT2D eigenvalue weighted by atomic mass is 19.3. The SMILES string of the molecule is CC(C)C(NC(=O)C1CCCN1C(=O)OCc1ccccc1)C(=O)C(F)(F)C(=O)N(C(=O)OCc1ccccc1)C(CCCCN)C(=O)O. The zero-order chi connectivity index (χ0) is 36.1. The highest BCUT2D eigenvalue weighted by Crippen LogP contribution is 2.27. The van der Waals surface area contributed by atoms with E-state index >= 15 is 8.78 Å². The Morgan fingerprint density at radius 3 is 2.06 bits per heavy atom. The third kappa shape index (κ3) is 10.3. The largest absolute Gasteiger partial charge is 0.480 e. The minimum absolute atomic E-state index is 0.0546. The number of nitrogens with two attached hydrogens (primary N) is 1. The normalized spacial score (nSPS) is 15.6. The number of halogens is 2. The lowest BCUT2D eigenvalue weighted by Crippen LogP contribution is -2.61. The van der Waals surface area contributed by atoms with Crippen molar-refractivity contribution in [2.45, 2.75) is 83.2 Å². The van der Waals surface area contributed by atoms with Crippen LogP contribution in [-0.4, -0.2) is 87.8 Å². The summed E-state index contributed by atoms with van der Waals surface area (Å²) in [6.45, 7) is 2.42. The third-order valence-corrected chi connectivity index (χ3v) is 7.97. The molecule has 2 aromatic carbocycles. The van der Waals surface area contributed by atoms with Gasteiger partial charge in [-0.25, -0.2) is 19.3 Å². The monoisotopic (exact) mass is 688 g/mol. The van der Waals surface area contributed by atoms with E-state index in [9.17, 15) is 33.9 Å². The predicted octanol–water partition coefficient (Wildman–Crippen LogP) is 3.88. The quantitative estimate of drug-likeness (QED) is 0.173. The van der Waals surface area contributed by atoms with Crippen LogP contribution in [0.1, 0.15) is 57.1 Å². The Morgan fingerprint density at radius 2 is 1.53 bits per heavy atom. The fourth-order valence-corrected chi connectivity index (χ4v) is 5.28. The molecule has 1 heterocycles. The van der Waals surface area contributed by atoms with Crippen molar-refractivity contribution in [2.75, 3.05) is 13.1 Å². The van der Waals surface area contributed by atoms with Gasteiger partial charge in [-0.3, -0.25) is 19.3 Å². The molecule has 1 saturated heterocycles. The molecule has 49 heavy (non-hydrogen) atoms. The molecule has 1 aliphatic rings. The van der Waals surface area contributed by atoms with Crippen LogP contribution in [0, 0.1) is 5.92 Å². The van der Waals surface area contributed by atoms with Crippen molar-refractivity contribution >= 4 is 35.8 Å². The molecule has 266 valence electrons. The molecule has 0 aliphatic carbocycles. The second-order valence-corrected chi connectivity index (χ2v) is 11.9. The van der Waals surface area contributed by atoms with Crippen LogP contribution in [0.15, 0.2) is 60.7 Å². The van der Waals surface area contributed by atoms with Crippen LogP contribution in [-0.2, 0) is 41.9 Å². The molecule has 0 radical (unpaired) electrons. The van der Waals surface area contributed by atoms with Gasteiger partial charge < -0.3 is 25.6 Å². The number of unbranched alkanes of at least 4 members (excludes halogenated alkanes) is 1. The van der Waals surface area contributed by atoms with Crippen molar-refractivity contribution in [3.8, 4) is 0 Å². The summed E-state index contributed by atoms with van der Waals surface area (Å²) in [6.07, 6.45) is -2.07. The summed E-state index contributed by atoms with van der Waals surface area (Å²) in [4.78, 5) is 79.2. The lowest BCUT2D eigenvalue weighted by molar-refractivity contribution is -0.171. The number of benzene rings is 2. The Hall–Kier alpha value is -4.92. The van der Waals surface area contributed by atoms with Crippen molar-refractivity contribution in [3.63, 3.8) is 0 Å².